The number of nitrogens with zero attached hydrogens (tertiary/aromatic N) is 1. The van der Waals surface area contributed by atoms with Gasteiger partial charge in [-0.05, 0) is 23.8 Å². The molecule has 88 valence electrons. The Morgan fingerprint density at radius 1 is 1.18 bits per heavy atom. The van der Waals surface area contributed by atoms with Crippen LogP contribution < -0.4 is 10.5 Å². The first kappa shape index (κ1) is 11.5. The molecular weight excluding hydrogens is 226 g/mol. The maximum Gasteiger partial charge on any atom is 0.168 e. The van der Waals surface area contributed by atoms with Crippen LogP contribution in [0.5, 0.6) is 11.5 Å². The molecule has 0 fully saturated rings. The van der Waals surface area contributed by atoms with Crippen LogP contribution in [0.1, 0.15) is 5.56 Å². The molecule has 0 amide bonds. The fraction of sp³-hybridized carbons (Fsp3) is 0.0833. The summed E-state index contributed by atoms with van der Waals surface area (Å²) in [6, 6.07) is 4.75. The number of benzene rings is 1. The zero-order valence-corrected chi connectivity index (χ0v) is 8.86. The van der Waals surface area contributed by atoms with Crippen LogP contribution in [0.3, 0.4) is 0 Å². The predicted molar refractivity (Wildman–Crippen MR) is 58.6 cm³/mol. The van der Waals surface area contributed by atoms with Gasteiger partial charge in [0.25, 0.3) is 0 Å². The second-order valence-corrected chi connectivity index (χ2v) is 3.41. The lowest BCUT2D eigenvalue weighted by Crippen LogP contribution is -1.97. The minimum atomic E-state index is -0.761. The minimum absolute atomic E-state index is 0.0534. The van der Waals surface area contributed by atoms with Crippen LogP contribution in [-0.2, 0) is 6.54 Å². The number of aromatic nitrogens is 1. The maximum atomic E-state index is 13.3. The van der Waals surface area contributed by atoms with Crippen molar-refractivity contribution in [3.63, 3.8) is 0 Å². The molecule has 1 aromatic carbocycles. The van der Waals surface area contributed by atoms with Crippen molar-refractivity contribution in [1.82, 2.24) is 4.98 Å². The summed E-state index contributed by atoms with van der Waals surface area (Å²) in [6.07, 6.45) is 3.02. The van der Waals surface area contributed by atoms with Gasteiger partial charge in [0.15, 0.2) is 11.6 Å². The molecule has 0 bridgehead atoms. The Bertz CT molecular complexity index is 532. The van der Waals surface area contributed by atoms with Crippen molar-refractivity contribution < 1.29 is 13.5 Å². The SMILES string of the molecule is NCc1cncc(Oc2ccc(F)cc2F)c1. The molecule has 2 aromatic rings. The molecule has 1 heterocycles. The van der Waals surface area contributed by atoms with E-state index in [0.717, 1.165) is 17.7 Å². The Balaban J connectivity index is 2.25. The van der Waals surface area contributed by atoms with Gasteiger partial charge in [0.2, 0.25) is 0 Å². The summed E-state index contributed by atoms with van der Waals surface area (Å²) in [7, 11) is 0. The highest BCUT2D eigenvalue weighted by Gasteiger charge is 2.06. The zero-order chi connectivity index (χ0) is 12.3. The normalized spacial score (nSPS) is 10.3. The molecule has 0 aliphatic rings. The molecule has 3 nitrogen and oxygen atoms in total. The van der Waals surface area contributed by atoms with Crippen molar-refractivity contribution in [3.05, 3.63) is 53.9 Å². The average Bonchev–Trinajstić information content (AvgIpc) is 2.33. The first-order chi connectivity index (χ1) is 8.19. The lowest BCUT2D eigenvalue weighted by atomic mass is 10.3. The Kier molecular flexibility index (Phi) is 3.30. The van der Waals surface area contributed by atoms with Crippen molar-refractivity contribution in [2.45, 2.75) is 6.54 Å². The second kappa shape index (κ2) is 4.88. The van der Waals surface area contributed by atoms with E-state index >= 15 is 0 Å². The number of hydrogen-bond acceptors (Lipinski definition) is 3. The van der Waals surface area contributed by atoms with Gasteiger partial charge >= 0.3 is 0 Å². The van der Waals surface area contributed by atoms with E-state index in [9.17, 15) is 8.78 Å². The average molecular weight is 236 g/mol. The van der Waals surface area contributed by atoms with Crippen molar-refractivity contribution >= 4 is 0 Å². The van der Waals surface area contributed by atoms with Crippen LogP contribution >= 0.6 is 0 Å². The lowest BCUT2D eigenvalue weighted by Gasteiger charge is -2.07. The van der Waals surface area contributed by atoms with Gasteiger partial charge in [0.1, 0.15) is 11.6 Å². The summed E-state index contributed by atoms with van der Waals surface area (Å²) >= 11 is 0. The van der Waals surface area contributed by atoms with E-state index < -0.39 is 11.6 Å². The van der Waals surface area contributed by atoms with Crippen molar-refractivity contribution in [1.29, 1.82) is 0 Å². The van der Waals surface area contributed by atoms with Crippen LogP contribution in [0.2, 0.25) is 0 Å². The van der Waals surface area contributed by atoms with Crippen LogP contribution in [-0.4, -0.2) is 4.98 Å². The molecule has 0 saturated heterocycles. The second-order valence-electron chi connectivity index (χ2n) is 3.41. The third-order valence-electron chi connectivity index (χ3n) is 2.13. The van der Waals surface area contributed by atoms with E-state index in [2.05, 4.69) is 4.98 Å². The van der Waals surface area contributed by atoms with E-state index in [0.29, 0.717) is 12.3 Å². The Morgan fingerprint density at radius 2 is 2.00 bits per heavy atom. The number of nitrogens with two attached hydrogens (primary N) is 1. The summed E-state index contributed by atoms with van der Waals surface area (Å²) in [4.78, 5) is 3.90. The third kappa shape index (κ3) is 2.76. The molecule has 0 aliphatic heterocycles. The Hall–Kier alpha value is -2.01. The topological polar surface area (TPSA) is 48.1 Å². The monoisotopic (exact) mass is 236 g/mol. The smallest absolute Gasteiger partial charge is 0.168 e. The molecule has 0 saturated carbocycles. The van der Waals surface area contributed by atoms with Gasteiger partial charge < -0.3 is 10.5 Å². The molecule has 5 heteroatoms. The Morgan fingerprint density at radius 3 is 2.71 bits per heavy atom. The first-order valence-corrected chi connectivity index (χ1v) is 4.96. The van der Waals surface area contributed by atoms with Crippen LogP contribution in [0, 0.1) is 11.6 Å². The van der Waals surface area contributed by atoms with Gasteiger partial charge in [-0.25, -0.2) is 8.78 Å². The van der Waals surface area contributed by atoms with Crippen molar-refractivity contribution in [2.75, 3.05) is 0 Å². The number of halogens is 2. The van der Waals surface area contributed by atoms with E-state index in [1.54, 1.807) is 12.3 Å². The zero-order valence-electron chi connectivity index (χ0n) is 8.86. The van der Waals surface area contributed by atoms with E-state index in [-0.39, 0.29) is 5.75 Å². The molecule has 0 spiro atoms. The number of ether oxygens (including phenoxy) is 1. The quantitative estimate of drug-likeness (QED) is 0.891. The molecule has 0 radical (unpaired) electrons. The van der Waals surface area contributed by atoms with Crippen LogP contribution in [0.4, 0.5) is 8.78 Å². The lowest BCUT2D eigenvalue weighted by molar-refractivity contribution is 0.435. The van der Waals surface area contributed by atoms with Crippen molar-refractivity contribution in [3.8, 4) is 11.5 Å². The molecule has 0 unspecified atom stereocenters. The molecule has 0 aliphatic carbocycles. The highest BCUT2D eigenvalue weighted by molar-refractivity contribution is 5.32. The molecule has 17 heavy (non-hydrogen) atoms. The van der Waals surface area contributed by atoms with Gasteiger partial charge in [-0.3, -0.25) is 4.98 Å². The molecule has 0 atom stereocenters. The predicted octanol–water partition coefficient (Wildman–Crippen LogP) is 2.61. The van der Waals surface area contributed by atoms with Crippen LogP contribution in [0.25, 0.3) is 0 Å². The summed E-state index contributed by atoms with van der Waals surface area (Å²) in [5.74, 6) is -1.10. The van der Waals surface area contributed by atoms with Crippen LogP contribution in [0.15, 0.2) is 36.7 Å². The summed E-state index contributed by atoms with van der Waals surface area (Å²) in [6.45, 7) is 0.316. The van der Waals surface area contributed by atoms with Gasteiger partial charge in [-0.15, -0.1) is 0 Å². The fourth-order valence-electron chi connectivity index (χ4n) is 1.32. The minimum Gasteiger partial charge on any atom is -0.453 e. The third-order valence-corrected chi connectivity index (χ3v) is 2.13. The highest BCUT2D eigenvalue weighted by atomic mass is 19.1. The van der Waals surface area contributed by atoms with Crippen molar-refractivity contribution in [2.24, 2.45) is 5.73 Å². The van der Waals surface area contributed by atoms with E-state index in [1.807, 2.05) is 0 Å². The molecule has 2 N–H and O–H groups in total. The number of pyridine rings is 1. The van der Waals surface area contributed by atoms with Gasteiger partial charge in [-0.2, -0.15) is 0 Å². The summed E-state index contributed by atoms with van der Waals surface area (Å²) in [5.41, 5.74) is 6.21. The molecular formula is C12H10F2N2O. The summed E-state index contributed by atoms with van der Waals surface area (Å²) < 4.78 is 31.2. The molecule has 1 aromatic heterocycles. The standard InChI is InChI=1S/C12H10F2N2O/c13-9-1-2-12(11(14)4-9)17-10-3-8(5-15)6-16-7-10/h1-4,6-7H,5,15H2. The highest BCUT2D eigenvalue weighted by Crippen LogP contribution is 2.24. The van der Waals surface area contributed by atoms with Gasteiger partial charge in [0.05, 0.1) is 6.20 Å². The summed E-state index contributed by atoms with van der Waals surface area (Å²) in [5, 5.41) is 0. The van der Waals surface area contributed by atoms with E-state index in [1.165, 1.54) is 12.3 Å². The maximum absolute atomic E-state index is 13.3. The molecule has 2 rings (SSSR count). The van der Waals surface area contributed by atoms with E-state index in [4.69, 9.17) is 10.5 Å². The first-order valence-electron chi connectivity index (χ1n) is 4.96. The van der Waals surface area contributed by atoms with Gasteiger partial charge in [0, 0.05) is 18.8 Å². The van der Waals surface area contributed by atoms with Gasteiger partial charge in [-0.1, -0.05) is 0 Å². The largest absolute Gasteiger partial charge is 0.453 e. The number of hydrogen-bond donors (Lipinski definition) is 1. The Labute approximate surface area is 96.9 Å². The number of rotatable bonds is 3. The fourth-order valence-corrected chi connectivity index (χ4v) is 1.32.